The summed E-state index contributed by atoms with van der Waals surface area (Å²) in [6, 6.07) is 12.3. The van der Waals surface area contributed by atoms with Gasteiger partial charge in [0.05, 0.1) is 0 Å². The third kappa shape index (κ3) is 3.87. The van der Waals surface area contributed by atoms with Crippen molar-refractivity contribution in [1.82, 2.24) is 4.98 Å². The molecule has 0 saturated heterocycles. The minimum absolute atomic E-state index is 0.277. The first-order valence-corrected chi connectivity index (χ1v) is 8.65. The molecule has 2 aromatic carbocycles. The van der Waals surface area contributed by atoms with Crippen LogP contribution in [0, 0.1) is 13.8 Å². The Hall–Kier alpha value is -3.47. The average Bonchev–Trinajstić information content (AvgIpc) is 2.67. The molecule has 0 fully saturated rings. The second kappa shape index (κ2) is 7.83. The van der Waals surface area contributed by atoms with Gasteiger partial charge < -0.3 is 11.1 Å². The molecule has 0 unspecified atom stereocenters. The highest BCUT2D eigenvalue weighted by Gasteiger charge is 2.10. The molecule has 0 aliphatic carbocycles. The lowest BCUT2D eigenvalue weighted by atomic mass is 9.98. The van der Waals surface area contributed by atoms with Crippen molar-refractivity contribution in [2.24, 2.45) is 10.7 Å². The monoisotopic (exact) mass is 358 g/mol. The molecular formula is C22H22N4O. The first kappa shape index (κ1) is 18.3. The van der Waals surface area contributed by atoms with Crippen LogP contribution in [0.5, 0.6) is 0 Å². The zero-order valence-electron chi connectivity index (χ0n) is 15.7. The Morgan fingerprint density at radius 1 is 1.07 bits per heavy atom. The number of carbonyl (C=O) groups is 1. The number of nitrogens with one attached hydrogen (secondary N) is 1. The standard InChI is InChI=1S/C22H22N4O/c1-14-10-16(6-7-20(14)26-22(27)21(24-3)8-9-23)17-4-5-18-13-25-12-15(2)19(18)11-17/h4-13H,23H2,1-3H3,(H,26,27). The quantitative estimate of drug-likeness (QED) is 0.692. The highest BCUT2D eigenvalue weighted by atomic mass is 16.1. The van der Waals surface area contributed by atoms with Crippen molar-refractivity contribution in [2.45, 2.75) is 13.8 Å². The number of hydrogen-bond donors (Lipinski definition) is 2. The van der Waals surface area contributed by atoms with Crippen molar-refractivity contribution >= 4 is 28.1 Å². The molecule has 0 bridgehead atoms. The van der Waals surface area contributed by atoms with Crippen LogP contribution in [0.1, 0.15) is 11.1 Å². The molecule has 3 N–H and O–H groups in total. The number of anilines is 1. The number of fused-ring (bicyclic) bond motifs is 1. The van der Waals surface area contributed by atoms with Gasteiger partial charge in [-0.05, 0) is 72.0 Å². The van der Waals surface area contributed by atoms with Gasteiger partial charge in [-0.1, -0.05) is 18.2 Å². The second-order valence-electron chi connectivity index (χ2n) is 6.34. The minimum atomic E-state index is -0.288. The van der Waals surface area contributed by atoms with E-state index < -0.39 is 0 Å². The zero-order chi connectivity index (χ0) is 19.4. The van der Waals surface area contributed by atoms with E-state index in [1.54, 1.807) is 7.05 Å². The fourth-order valence-corrected chi connectivity index (χ4v) is 3.00. The van der Waals surface area contributed by atoms with Crippen molar-refractivity contribution in [3.8, 4) is 11.1 Å². The molecule has 5 nitrogen and oxygen atoms in total. The van der Waals surface area contributed by atoms with Crippen LogP contribution in [0.2, 0.25) is 0 Å². The fraction of sp³-hybridized carbons (Fsp3) is 0.136. The molecule has 136 valence electrons. The smallest absolute Gasteiger partial charge is 0.273 e. The molecule has 0 spiro atoms. The molecule has 0 aliphatic heterocycles. The van der Waals surface area contributed by atoms with E-state index in [1.165, 1.54) is 17.7 Å². The normalized spacial score (nSPS) is 11.9. The number of carbonyl (C=O) groups excluding carboxylic acids is 1. The number of aryl methyl sites for hydroxylation is 2. The number of amides is 1. The number of rotatable bonds is 4. The molecule has 0 saturated carbocycles. The van der Waals surface area contributed by atoms with Gasteiger partial charge in [0.2, 0.25) is 0 Å². The van der Waals surface area contributed by atoms with E-state index >= 15 is 0 Å². The number of nitrogens with zero attached hydrogens (tertiary/aromatic N) is 2. The van der Waals surface area contributed by atoms with Crippen LogP contribution in [0.15, 0.2) is 66.1 Å². The fourth-order valence-electron chi connectivity index (χ4n) is 3.00. The molecule has 27 heavy (non-hydrogen) atoms. The highest BCUT2D eigenvalue weighted by molar-refractivity contribution is 6.47. The second-order valence-corrected chi connectivity index (χ2v) is 6.34. The summed E-state index contributed by atoms with van der Waals surface area (Å²) < 4.78 is 0. The molecule has 3 aromatic rings. The van der Waals surface area contributed by atoms with Gasteiger partial charge in [-0.2, -0.15) is 0 Å². The summed E-state index contributed by atoms with van der Waals surface area (Å²) in [4.78, 5) is 20.4. The molecule has 0 atom stereocenters. The molecule has 0 radical (unpaired) electrons. The van der Waals surface area contributed by atoms with Crippen LogP contribution in [0.3, 0.4) is 0 Å². The Bertz CT molecular complexity index is 1070. The van der Waals surface area contributed by atoms with Crippen LogP contribution in [-0.2, 0) is 4.79 Å². The summed E-state index contributed by atoms with van der Waals surface area (Å²) in [5.74, 6) is -0.288. The number of benzene rings is 2. The molecule has 0 aliphatic rings. The number of hydrogen-bond acceptors (Lipinski definition) is 4. The van der Waals surface area contributed by atoms with Gasteiger partial charge in [0.25, 0.3) is 5.91 Å². The van der Waals surface area contributed by atoms with E-state index in [9.17, 15) is 4.79 Å². The van der Waals surface area contributed by atoms with Crippen molar-refractivity contribution in [1.29, 1.82) is 0 Å². The molecule has 3 rings (SSSR count). The van der Waals surface area contributed by atoms with Gasteiger partial charge in [0.1, 0.15) is 5.71 Å². The first-order valence-electron chi connectivity index (χ1n) is 8.65. The maximum atomic E-state index is 12.3. The van der Waals surface area contributed by atoms with Crippen LogP contribution >= 0.6 is 0 Å². The van der Waals surface area contributed by atoms with Gasteiger partial charge in [0, 0.05) is 30.5 Å². The Morgan fingerprint density at radius 2 is 1.81 bits per heavy atom. The summed E-state index contributed by atoms with van der Waals surface area (Å²) in [5.41, 5.74) is 10.7. The third-order valence-electron chi connectivity index (χ3n) is 4.50. The SMILES string of the molecule is CN=C(C=CN)C(=O)Nc1ccc(-c2ccc3cncc(C)c3c2)cc1C. The number of nitrogens with two attached hydrogens (primary N) is 1. The lowest BCUT2D eigenvalue weighted by Crippen LogP contribution is -2.22. The lowest BCUT2D eigenvalue weighted by Gasteiger charge is -2.11. The van der Waals surface area contributed by atoms with Crippen molar-refractivity contribution in [2.75, 3.05) is 12.4 Å². The van der Waals surface area contributed by atoms with Crippen molar-refractivity contribution in [3.05, 3.63) is 72.2 Å². The van der Waals surface area contributed by atoms with Gasteiger partial charge in [-0.3, -0.25) is 14.8 Å². The van der Waals surface area contributed by atoms with E-state index in [1.807, 2.05) is 31.5 Å². The van der Waals surface area contributed by atoms with Gasteiger partial charge >= 0.3 is 0 Å². The minimum Gasteiger partial charge on any atom is -0.405 e. The Kier molecular flexibility index (Phi) is 5.31. The number of pyridine rings is 1. The molecule has 1 heterocycles. The summed E-state index contributed by atoms with van der Waals surface area (Å²) >= 11 is 0. The van der Waals surface area contributed by atoms with E-state index in [-0.39, 0.29) is 11.6 Å². The predicted octanol–water partition coefficient (Wildman–Crippen LogP) is 4.00. The predicted molar refractivity (Wildman–Crippen MR) is 112 cm³/mol. The Labute approximate surface area is 158 Å². The largest absolute Gasteiger partial charge is 0.405 e. The van der Waals surface area contributed by atoms with Crippen molar-refractivity contribution < 1.29 is 4.79 Å². The lowest BCUT2D eigenvalue weighted by molar-refractivity contribution is -0.110. The maximum Gasteiger partial charge on any atom is 0.273 e. The van der Waals surface area contributed by atoms with E-state index in [4.69, 9.17) is 5.73 Å². The highest BCUT2D eigenvalue weighted by Crippen LogP contribution is 2.28. The average molecular weight is 358 g/mol. The Morgan fingerprint density at radius 3 is 2.52 bits per heavy atom. The van der Waals surface area contributed by atoms with Gasteiger partial charge in [0.15, 0.2) is 0 Å². The topological polar surface area (TPSA) is 80.4 Å². The van der Waals surface area contributed by atoms with Crippen LogP contribution < -0.4 is 11.1 Å². The summed E-state index contributed by atoms with van der Waals surface area (Å²) in [7, 11) is 1.56. The molecule has 5 heteroatoms. The van der Waals surface area contributed by atoms with E-state index in [0.29, 0.717) is 0 Å². The van der Waals surface area contributed by atoms with Crippen molar-refractivity contribution in [3.63, 3.8) is 0 Å². The molecule has 1 amide bonds. The summed E-state index contributed by atoms with van der Waals surface area (Å²) in [6.45, 7) is 4.03. The molecule has 1 aromatic heterocycles. The zero-order valence-corrected chi connectivity index (χ0v) is 15.7. The van der Waals surface area contributed by atoms with Gasteiger partial charge in [-0.15, -0.1) is 0 Å². The van der Waals surface area contributed by atoms with E-state index in [0.717, 1.165) is 33.3 Å². The summed E-state index contributed by atoms with van der Waals surface area (Å²) in [6.07, 6.45) is 6.53. The molecular weight excluding hydrogens is 336 g/mol. The first-order chi connectivity index (χ1) is 13.0. The number of aromatic nitrogens is 1. The maximum absolute atomic E-state index is 12.3. The van der Waals surface area contributed by atoms with Crippen LogP contribution in [-0.4, -0.2) is 23.7 Å². The third-order valence-corrected chi connectivity index (χ3v) is 4.50. The van der Waals surface area contributed by atoms with Crippen LogP contribution in [0.25, 0.3) is 21.9 Å². The number of aliphatic imine (C=N–C) groups is 1. The summed E-state index contributed by atoms with van der Waals surface area (Å²) in [5, 5.41) is 5.19. The van der Waals surface area contributed by atoms with Crippen LogP contribution in [0.4, 0.5) is 5.69 Å². The van der Waals surface area contributed by atoms with Gasteiger partial charge in [-0.25, -0.2) is 0 Å². The van der Waals surface area contributed by atoms with E-state index in [2.05, 4.69) is 46.5 Å². The Balaban J connectivity index is 1.91.